The molecule has 12 heteroatoms. The van der Waals surface area contributed by atoms with Crippen LogP contribution in [0.4, 0.5) is 27.6 Å². The van der Waals surface area contributed by atoms with Crippen LogP contribution < -0.4 is 5.32 Å². The Morgan fingerprint density at radius 1 is 1.00 bits per heavy atom. The van der Waals surface area contributed by atoms with Crippen LogP contribution in [-0.4, -0.2) is 25.9 Å². The number of carbonyl (C=O) groups is 1. The summed E-state index contributed by atoms with van der Waals surface area (Å²) < 4.78 is 68.3. The van der Waals surface area contributed by atoms with Gasteiger partial charge in [0.05, 0.1) is 34.9 Å². The molecule has 0 aliphatic heterocycles. The number of amides is 1. The van der Waals surface area contributed by atoms with E-state index >= 15 is 0 Å². The second kappa shape index (κ2) is 8.58. The Bertz CT molecular complexity index is 1340. The van der Waals surface area contributed by atoms with Gasteiger partial charge in [-0.25, -0.2) is 13.8 Å². The lowest BCUT2D eigenvalue weighted by atomic mass is 10.0. The van der Waals surface area contributed by atoms with Crippen molar-refractivity contribution in [3.63, 3.8) is 0 Å². The maximum absolute atomic E-state index is 14.6. The van der Waals surface area contributed by atoms with Crippen LogP contribution in [0.5, 0.6) is 0 Å². The van der Waals surface area contributed by atoms with E-state index in [0.717, 1.165) is 30.5 Å². The van der Waals surface area contributed by atoms with E-state index < -0.39 is 40.7 Å². The molecule has 2 heterocycles. The average molecular weight is 480 g/mol. The molecule has 33 heavy (non-hydrogen) atoms. The van der Waals surface area contributed by atoms with Crippen molar-refractivity contribution in [2.24, 2.45) is 0 Å². The van der Waals surface area contributed by atoms with Crippen molar-refractivity contribution in [2.75, 3.05) is 5.32 Å². The Kier molecular flexibility index (Phi) is 5.81. The number of rotatable bonds is 4. The van der Waals surface area contributed by atoms with Crippen molar-refractivity contribution in [1.29, 1.82) is 0 Å². The zero-order valence-electron chi connectivity index (χ0n) is 16.2. The molecule has 0 aliphatic rings. The third-order valence-electron chi connectivity index (χ3n) is 4.49. The first kappa shape index (κ1) is 22.3. The number of alkyl halides is 3. The predicted molar refractivity (Wildman–Crippen MR) is 109 cm³/mol. The molecule has 0 saturated heterocycles. The molecular formula is C21H11ClF5N5O. The zero-order chi connectivity index (χ0) is 23.8. The summed E-state index contributed by atoms with van der Waals surface area (Å²) in [6.07, 6.45) is -1.49. The normalized spacial score (nSPS) is 11.5. The molecule has 0 radical (unpaired) electrons. The summed E-state index contributed by atoms with van der Waals surface area (Å²) in [7, 11) is 0. The van der Waals surface area contributed by atoms with Gasteiger partial charge < -0.3 is 5.32 Å². The Hall–Kier alpha value is -3.86. The van der Waals surface area contributed by atoms with Gasteiger partial charge in [-0.2, -0.15) is 23.4 Å². The molecule has 0 saturated carbocycles. The summed E-state index contributed by atoms with van der Waals surface area (Å²) in [5, 5.41) is 9.50. The number of pyridine rings is 1. The highest BCUT2D eigenvalue weighted by molar-refractivity contribution is 6.33. The number of halogens is 6. The van der Waals surface area contributed by atoms with E-state index in [0.29, 0.717) is 16.4 Å². The fourth-order valence-electron chi connectivity index (χ4n) is 3.01. The fraction of sp³-hybridized carbons (Fsp3) is 0.0476. The molecule has 4 aromatic rings. The van der Waals surface area contributed by atoms with Crippen molar-refractivity contribution < 1.29 is 26.7 Å². The molecule has 168 valence electrons. The van der Waals surface area contributed by atoms with Gasteiger partial charge >= 0.3 is 6.18 Å². The van der Waals surface area contributed by atoms with Crippen LogP contribution in [-0.2, 0) is 6.18 Å². The second-order valence-electron chi connectivity index (χ2n) is 6.68. The lowest BCUT2D eigenvalue weighted by Crippen LogP contribution is -2.18. The number of hydrogen-bond acceptors (Lipinski definition) is 4. The molecule has 0 unspecified atom stereocenters. The minimum atomic E-state index is -4.82. The van der Waals surface area contributed by atoms with Crippen LogP contribution in [0.15, 0.2) is 61.1 Å². The van der Waals surface area contributed by atoms with Crippen LogP contribution in [0.3, 0.4) is 0 Å². The minimum absolute atomic E-state index is 0.0455. The number of nitrogens with one attached hydrogen (secondary N) is 1. The molecular weight excluding hydrogens is 469 g/mol. The number of aromatic nitrogens is 4. The summed E-state index contributed by atoms with van der Waals surface area (Å²) >= 11 is 5.98. The highest BCUT2D eigenvalue weighted by Crippen LogP contribution is 2.34. The van der Waals surface area contributed by atoms with E-state index in [9.17, 15) is 26.7 Å². The van der Waals surface area contributed by atoms with Crippen LogP contribution >= 0.6 is 11.6 Å². The van der Waals surface area contributed by atoms with Gasteiger partial charge in [-0.05, 0) is 42.0 Å². The van der Waals surface area contributed by atoms with Crippen molar-refractivity contribution >= 4 is 23.2 Å². The number of anilines is 1. The summed E-state index contributed by atoms with van der Waals surface area (Å²) in [6, 6.07) is 7.74. The van der Waals surface area contributed by atoms with Gasteiger partial charge in [-0.15, -0.1) is 4.80 Å². The average Bonchev–Trinajstić information content (AvgIpc) is 3.27. The van der Waals surface area contributed by atoms with E-state index in [1.807, 2.05) is 0 Å². The second-order valence-corrected chi connectivity index (χ2v) is 7.09. The van der Waals surface area contributed by atoms with Crippen LogP contribution in [0.2, 0.25) is 5.02 Å². The lowest BCUT2D eigenvalue weighted by Gasteiger charge is -2.13. The van der Waals surface area contributed by atoms with Gasteiger partial charge in [-0.1, -0.05) is 17.7 Å². The van der Waals surface area contributed by atoms with Crippen LogP contribution in [0, 0.1) is 11.6 Å². The minimum Gasteiger partial charge on any atom is -0.320 e. The predicted octanol–water partition coefficient (Wildman–Crippen LogP) is 5.53. The van der Waals surface area contributed by atoms with Crippen molar-refractivity contribution in [3.05, 3.63) is 88.8 Å². The van der Waals surface area contributed by atoms with Gasteiger partial charge in [0.15, 0.2) is 5.82 Å². The Labute approximate surface area is 187 Å². The Morgan fingerprint density at radius 2 is 1.73 bits per heavy atom. The molecule has 0 atom stereocenters. The molecule has 0 fully saturated rings. The number of hydrogen-bond donors (Lipinski definition) is 1. The SMILES string of the molecule is O=C(Nc1cnc(-n2nccn2)c(C(F)(F)F)c1)c1ccc(-c2ccc(F)cc2Cl)cc1F. The third-order valence-corrected chi connectivity index (χ3v) is 4.81. The van der Waals surface area contributed by atoms with Crippen LogP contribution in [0.25, 0.3) is 16.9 Å². The molecule has 2 aromatic heterocycles. The Balaban J connectivity index is 1.62. The zero-order valence-corrected chi connectivity index (χ0v) is 17.0. The van der Waals surface area contributed by atoms with Crippen molar-refractivity contribution in [1.82, 2.24) is 20.0 Å². The fourth-order valence-corrected chi connectivity index (χ4v) is 3.28. The molecule has 6 nitrogen and oxygen atoms in total. The van der Waals surface area contributed by atoms with Gasteiger partial charge in [0.1, 0.15) is 17.2 Å². The molecule has 0 aliphatic carbocycles. The van der Waals surface area contributed by atoms with Crippen LogP contribution in [0.1, 0.15) is 15.9 Å². The first-order valence-electron chi connectivity index (χ1n) is 9.14. The summed E-state index contributed by atoms with van der Waals surface area (Å²) in [5.41, 5.74) is -1.31. The van der Waals surface area contributed by atoms with E-state index in [2.05, 4.69) is 20.5 Å². The van der Waals surface area contributed by atoms with E-state index in [1.165, 1.54) is 24.5 Å². The van der Waals surface area contributed by atoms with Crippen molar-refractivity contribution in [3.8, 4) is 16.9 Å². The first-order chi connectivity index (χ1) is 15.6. The summed E-state index contributed by atoms with van der Waals surface area (Å²) in [4.78, 5) is 16.9. The highest BCUT2D eigenvalue weighted by atomic mass is 35.5. The molecule has 0 bridgehead atoms. The molecule has 1 amide bonds. The lowest BCUT2D eigenvalue weighted by molar-refractivity contribution is -0.137. The summed E-state index contributed by atoms with van der Waals surface area (Å²) in [5.74, 6) is -3.10. The smallest absolute Gasteiger partial charge is 0.320 e. The highest BCUT2D eigenvalue weighted by Gasteiger charge is 2.36. The standard InChI is InChI=1S/C21H11ClF5N5O/c22-17-8-12(23)2-4-14(17)11-1-3-15(18(24)7-11)20(33)31-13-9-16(21(25,26)27)19(28-10-13)32-29-5-6-30-32/h1-10H,(H,31,33). The first-order valence-corrected chi connectivity index (χ1v) is 9.51. The number of nitrogens with zero attached hydrogens (tertiary/aromatic N) is 4. The summed E-state index contributed by atoms with van der Waals surface area (Å²) in [6.45, 7) is 0. The topological polar surface area (TPSA) is 72.7 Å². The van der Waals surface area contributed by atoms with E-state index in [4.69, 9.17) is 11.6 Å². The molecule has 0 spiro atoms. The number of carbonyl (C=O) groups excluding carboxylic acids is 1. The number of benzene rings is 2. The van der Waals surface area contributed by atoms with Gasteiger partial charge in [-0.3, -0.25) is 4.79 Å². The van der Waals surface area contributed by atoms with Crippen molar-refractivity contribution in [2.45, 2.75) is 6.18 Å². The molecule has 4 rings (SSSR count). The largest absolute Gasteiger partial charge is 0.420 e. The monoisotopic (exact) mass is 479 g/mol. The van der Waals surface area contributed by atoms with E-state index in [-0.39, 0.29) is 16.3 Å². The molecule has 1 N–H and O–H groups in total. The maximum Gasteiger partial charge on any atom is 0.420 e. The van der Waals surface area contributed by atoms with Gasteiger partial charge in [0.25, 0.3) is 5.91 Å². The maximum atomic E-state index is 14.6. The van der Waals surface area contributed by atoms with Gasteiger partial charge in [0.2, 0.25) is 0 Å². The Morgan fingerprint density at radius 3 is 2.36 bits per heavy atom. The van der Waals surface area contributed by atoms with E-state index in [1.54, 1.807) is 0 Å². The third kappa shape index (κ3) is 4.67. The molecule has 2 aromatic carbocycles. The quantitative estimate of drug-likeness (QED) is 0.391. The van der Waals surface area contributed by atoms with Gasteiger partial charge in [0, 0.05) is 5.56 Å².